The molecule has 0 spiro atoms. The van der Waals surface area contributed by atoms with Crippen molar-refractivity contribution in [3.8, 4) is 0 Å². The van der Waals surface area contributed by atoms with E-state index in [9.17, 15) is 10.1 Å². The van der Waals surface area contributed by atoms with E-state index in [0.29, 0.717) is 18.0 Å². The van der Waals surface area contributed by atoms with Crippen LogP contribution in [-0.2, 0) is 0 Å². The van der Waals surface area contributed by atoms with Gasteiger partial charge in [-0.15, -0.1) is 0 Å². The van der Waals surface area contributed by atoms with E-state index in [-0.39, 0.29) is 5.70 Å². The molecule has 4 heteroatoms. The van der Waals surface area contributed by atoms with Crippen molar-refractivity contribution in [3.63, 3.8) is 0 Å². The Bertz CT molecular complexity index is 243. The van der Waals surface area contributed by atoms with Gasteiger partial charge < -0.3 is 5.73 Å². The molecule has 1 aliphatic carbocycles. The molecule has 0 aromatic rings. The van der Waals surface area contributed by atoms with Gasteiger partial charge >= 0.3 is 0 Å². The average Bonchev–Trinajstić information content (AvgIpc) is 1.85. The summed E-state index contributed by atoms with van der Waals surface area (Å²) >= 11 is 0. The molecule has 4 nitrogen and oxygen atoms in total. The van der Waals surface area contributed by atoms with E-state index in [1.807, 2.05) is 6.92 Å². The van der Waals surface area contributed by atoms with Crippen LogP contribution in [0, 0.1) is 16.0 Å². The minimum Gasteiger partial charge on any atom is -0.397 e. The van der Waals surface area contributed by atoms with Gasteiger partial charge in [0.25, 0.3) is 5.70 Å². The lowest BCUT2D eigenvalue weighted by Gasteiger charge is -2.10. The number of rotatable bonds is 1. The molecule has 0 bridgehead atoms. The average molecular weight is 154 g/mol. The van der Waals surface area contributed by atoms with Crippen LogP contribution in [0.2, 0.25) is 0 Å². The molecule has 2 N–H and O–H groups in total. The zero-order valence-corrected chi connectivity index (χ0v) is 6.28. The third-order valence-corrected chi connectivity index (χ3v) is 1.65. The van der Waals surface area contributed by atoms with Crippen molar-refractivity contribution in [3.05, 3.63) is 33.7 Å². The molecule has 1 atom stereocenters. The van der Waals surface area contributed by atoms with Gasteiger partial charge in [0.05, 0.1) is 10.6 Å². The van der Waals surface area contributed by atoms with E-state index in [1.54, 1.807) is 6.08 Å². The second-order valence-corrected chi connectivity index (χ2v) is 2.71. The highest BCUT2D eigenvalue weighted by Gasteiger charge is 2.18. The van der Waals surface area contributed by atoms with Crippen molar-refractivity contribution in [1.82, 2.24) is 0 Å². The number of hydrogen-bond donors (Lipinski definition) is 1. The van der Waals surface area contributed by atoms with Crippen LogP contribution in [0.5, 0.6) is 0 Å². The fourth-order valence-corrected chi connectivity index (χ4v) is 1.06. The molecule has 0 amide bonds. The number of nitrogens with two attached hydrogens (primary N) is 1. The Hall–Kier alpha value is -1.32. The van der Waals surface area contributed by atoms with E-state index in [1.165, 1.54) is 6.08 Å². The van der Waals surface area contributed by atoms with Crippen molar-refractivity contribution >= 4 is 0 Å². The maximum absolute atomic E-state index is 10.3. The molecule has 1 rings (SSSR count). The lowest BCUT2D eigenvalue weighted by atomic mass is 9.99. The zero-order valence-electron chi connectivity index (χ0n) is 6.28. The van der Waals surface area contributed by atoms with Gasteiger partial charge in [-0.3, -0.25) is 10.1 Å². The highest BCUT2D eigenvalue weighted by Crippen LogP contribution is 2.19. The van der Waals surface area contributed by atoms with Gasteiger partial charge in [-0.25, -0.2) is 0 Å². The smallest absolute Gasteiger partial charge is 0.287 e. The van der Waals surface area contributed by atoms with Gasteiger partial charge in [0.2, 0.25) is 0 Å². The molecular weight excluding hydrogens is 144 g/mol. The van der Waals surface area contributed by atoms with Crippen LogP contribution in [0.15, 0.2) is 23.5 Å². The molecule has 0 aromatic heterocycles. The minimum absolute atomic E-state index is 0.0445. The molecule has 60 valence electrons. The summed E-state index contributed by atoms with van der Waals surface area (Å²) in [4.78, 5) is 9.84. The van der Waals surface area contributed by atoms with Crippen LogP contribution in [0.25, 0.3) is 0 Å². The number of allylic oxidation sites excluding steroid dienone is 3. The number of nitrogens with zero attached hydrogens (tertiary/aromatic N) is 1. The molecular formula is C7H10N2O2. The molecule has 0 radical (unpaired) electrons. The van der Waals surface area contributed by atoms with E-state index in [4.69, 9.17) is 5.73 Å². The highest BCUT2D eigenvalue weighted by molar-refractivity contribution is 5.22. The quantitative estimate of drug-likeness (QED) is 0.453. The summed E-state index contributed by atoms with van der Waals surface area (Å²) in [6.07, 6.45) is 3.87. The third kappa shape index (κ3) is 1.58. The van der Waals surface area contributed by atoms with E-state index in [0.717, 1.165) is 0 Å². The van der Waals surface area contributed by atoms with Crippen LogP contribution in [-0.4, -0.2) is 4.92 Å². The largest absolute Gasteiger partial charge is 0.397 e. The van der Waals surface area contributed by atoms with Crippen LogP contribution >= 0.6 is 0 Å². The van der Waals surface area contributed by atoms with E-state index in [2.05, 4.69) is 0 Å². The SMILES string of the molecule is CC1C=CC([N+](=O)[O-])=C(N)C1. The summed E-state index contributed by atoms with van der Waals surface area (Å²) in [5.74, 6) is 0.318. The number of nitro groups is 1. The second kappa shape index (κ2) is 2.74. The Balaban J connectivity index is 2.88. The Kier molecular flexibility index (Phi) is 1.94. The second-order valence-electron chi connectivity index (χ2n) is 2.71. The summed E-state index contributed by atoms with van der Waals surface area (Å²) < 4.78 is 0. The summed E-state index contributed by atoms with van der Waals surface area (Å²) in [6.45, 7) is 1.97. The Morgan fingerprint density at radius 2 is 2.45 bits per heavy atom. The summed E-state index contributed by atoms with van der Waals surface area (Å²) in [5, 5.41) is 10.3. The molecule has 0 saturated heterocycles. The standard InChI is InChI=1S/C7H10N2O2/c1-5-2-3-7(9(10)11)6(8)4-5/h2-3,5H,4,8H2,1H3. The van der Waals surface area contributed by atoms with Gasteiger partial charge in [0, 0.05) is 6.08 Å². The minimum atomic E-state index is -0.447. The molecule has 1 unspecified atom stereocenters. The van der Waals surface area contributed by atoms with Gasteiger partial charge in [0.1, 0.15) is 0 Å². The Morgan fingerprint density at radius 1 is 1.82 bits per heavy atom. The maximum atomic E-state index is 10.3. The first kappa shape index (κ1) is 7.78. The molecule has 1 aliphatic rings. The van der Waals surface area contributed by atoms with Gasteiger partial charge in [-0.1, -0.05) is 13.0 Å². The van der Waals surface area contributed by atoms with Crippen LogP contribution in [0.4, 0.5) is 0 Å². The van der Waals surface area contributed by atoms with Crippen LogP contribution < -0.4 is 5.73 Å². The van der Waals surface area contributed by atoms with Gasteiger partial charge in [0.15, 0.2) is 0 Å². The highest BCUT2D eigenvalue weighted by atomic mass is 16.6. The summed E-state index contributed by atoms with van der Waals surface area (Å²) in [5.41, 5.74) is 5.88. The molecule has 0 heterocycles. The first-order valence-electron chi connectivity index (χ1n) is 3.42. The maximum Gasteiger partial charge on any atom is 0.287 e. The molecule has 0 fully saturated rings. The van der Waals surface area contributed by atoms with E-state index >= 15 is 0 Å². The van der Waals surface area contributed by atoms with Crippen LogP contribution in [0.1, 0.15) is 13.3 Å². The predicted octanol–water partition coefficient (Wildman–Crippen LogP) is 1.03. The third-order valence-electron chi connectivity index (χ3n) is 1.65. The molecule has 0 aliphatic heterocycles. The topological polar surface area (TPSA) is 69.2 Å². The summed E-state index contributed by atoms with van der Waals surface area (Å²) in [7, 11) is 0. The Labute approximate surface area is 64.5 Å². The van der Waals surface area contributed by atoms with Gasteiger partial charge in [-0.2, -0.15) is 0 Å². The molecule has 0 saturated carbocycles. The number of hydrogen-bond acceptors (Lipinski definition) is 3. The fraction of sp³-hybridized carbons (Fsp3) is 0.429. The molecule has 0 aromatic carbocycles. The van der Waals surface area contributed by atoms with Crippen LogP contribution in [0.3, 0.4) is 0 Å². The van der Waals surface area contributed by atoms with Crippen molar-refractivity contribution in [1.29, 1.82) is 0 Å². The Morgan fingerprint density at radius 3 is 2.91 bits per heavy atom. The monoisotopic (exact) mass is 154 g/mol. The fourth-order valence-electron chi connectivity index (χ4n) is 1.06. The molecule has 11 heavy (non-hydrogen) atoms. The first-order chi connectivity index (χ1) is 5.11. The van der Waals surface area contributed by atoms with Crippen molar-refractivity contribution < 1.29 is 4.92 Å². The lowest BCUT2D eigenvalue weighted by Crippen LogP contribution is -2.14. The van der Waals surface area contributed by atoms with Crippen molar-refractivity contribution in [2.45, 2.75) is 13.3 Å². The van der Waals surface area contributed by atoms with Crippen molar-refractivity contribution in [2.24, 2.45) is 11.7 Å². The lowest BCUT2D eigenvalue weighted by molar-refractivity contribution is -0.420. The van der Waals surface area contributed by atoms with Gasteiger partial charge in [-0.05, 0) is 12.3 Å². The van der Waals surface area contributed by atoms with E-state index < -0.39 is 4.92 Å². The summed E-state index contributed by atoms with van der Waals surface area (Å²) in [6, 6.07) is 0. The predicted molar refractivity (Wildman–Crippen MR) is 41.1 cm³/mol. The zero-order chi connectivity index (χ0) is 8.43. The normalized spacial score (nSPS) is 23.9. The first-order valence-corrected chi connectivity index (χ1v) is 3.42. The van der Waals surface area contributed by atoms with Crippen molar-refractivity contribution in [2.75, 3.05) is 0 Å².